The molecule has 0 bridgehead atoms. The number of nitrogens with two attached hydrogens (primary N) is 1. The molecule has 20 heavy (non-hydrogen) atoms. The van der Waals surface area contributed by atoms with Crippen molar-refractivity contribution < 1.29 is 18.3 Å². The summed E-state index contributed by atoms with van der Waals surface area (Å²) in [6, 6.07) is 2.66. The predicted octanol–water partition coefficient (Wildman–Crippen LogP) is 1.57. The van der Waals surface area contributed by atoms with Crippen LogP contribution in [0.3, 0.4) is 0 Å². The quantitative estimate of drug-likeness (QED) is 0.749. The van der Waals surface area contributed by atoms with Crippen LogP contribution in [0.25, 0.3) is 0 Å². The van der Waals surface area contributed by atoms with Gasteiger partial charge in [-0.1, -0.05) is 0 Å². The molecular formula is C14H22F2N2O2. The summed E-state index contributed by atoms with van der Waals surface area (Å²) < 4.78 is 38.2. The van der Waals surface area contributed by atoms with Crippen LogP contribution in [0.15, 0.2) is 12.1 Å². The van der Waals surface area contributed by atoms with Gasteiger partial charge in [0.2, 0.25) is 0 Å². The van der Waals surface area contributed by atoms with Crippen LogP contribution in [-0.2, 0) is 15.9 Å². The Hall–Kier alpha value is -1.24. The van der Waals surface area contributed by atoms with E-state index in [2.05, 4.69) is 0 Å². The number of hydrogen-bond acceptors (Lipinski definition) is 4. The molecule has 0 aliphatic rings. The Morgan fingerprint density at radius 2 is 1.55 bits per heavy atom. The van der Waals surface area contributed by atoms with Crippen LogP contribution >= 0.6 is 0 Å². The number of halogens is 2. The van der Waals surface area contributed by atoms with E-state index in [9.17, 15) is 8.78 Å². The minimum absolute atomic E-state index is 0.0418. The molecule has 0 radical (unpaired) electrons. The van der Waals surface area contributed by atoms with Crippen LogP contribution < -0.4 is 10.6 Å². The van der Waals surface area contributed by atoms with Crippen molar-refractivity contribution in [1.29, 1.82) is 0 Å². The summed E-state index contributed by atoms with van der Waals surface area (Å²) in [5.74, 6) is -1.17. The molecular weight excluding hydrogens is 266 g/mol. The number of benzene rings is 1. The van der Waals surface area contributed by atoms with E-state index >= 15 is 0 Å². The van der Waals surface area contributed by atoms with Gasteiger partial charge in [-0.05, 0) is 30.7 Å². The molecule has 0 spiro atoms. The van der Waals surface area contributed by atoms with Crippen LogP contribution in [-0.4, -0.2) is 47.1 Å². The molecule has 0 heterocycles. The van der Waals surface area contributed by atoms with Crippen molar-refractivity contribution in [2.75, 3.05) is 52.0 Å². The number of ether oxygens (including phenoxy) is 2. The van der Waals surface area contributed by atoms with Gasteiger partial charge in [0.15, 0.2) is 0 Å². The first-order valence-electron chi connectivity index (χ1n) is 6.54. The van der Waals surface area contributed by atoms with Crippen molar-refractivity contribution in [3.05, 3.63) is 29.3 Å². The molecule has 0 aromatic heterocycles. The lowest BCUT2D eigenvalue weighted by atomic mass is 10.1. The minimum atomic E-state index is -0.583. The van der Waals surface area contributed by atoms with Gasteiger partial charge >= 0.3 is 0 Å². The first kappa shape index (κ1) is 16.8. The molecule has 0 saturated carbocycles. The van der Waals surface area contributed by atoms with E-state index in [0.717, 1.165) is 0 Å². The normalized spacial score (nSPS) is 10.8. The van der Waals surface area contributed by atoms with Crippen LogP contribution in [0.5, 0.6) is 0 Å². The van der Waals surface area contributed by atoms with Gasteiger partial charge < -0.3 is 20.1 Å². The molecule has 0 aliphatic heterocycles. The van der Waals surface area contributed by atoms with Crippen molar-refractivity contribution in [1.82, 2.24) is 0 Å². The highest BCUT2D eigenvalue weighted by Gasteiger charge is 2.17. The van der Waals surface area contributed by atoms with Gasteiger partial charge in [0.1, 0.15) is 17.3 Å². The first-order chi connectivity index (χ1) is 9.63. The van der Waals surface area contributed by atoms with E-state index in [1.54, 1.807) is 19.1 Å². The van der Waals surface area contributed by atoms with Gasteiger partial charge in [-0.3, -0.25) is 0 Å². The molecule has 1 aromatic rings. The molecule has 0 unspecified atom stereocenters. The van der Waals surface area contributed by atoms with Crippen molar-refractivity contribution in [3.63, 3.8) is 0 Å². The Morgan fingerprint density at radius 3 is 1.95 bits per heavy atom. The second-order valence-electron chi connectivity index (χ2n) is 4.42. The SMILES string of the molecule is COCCN(CCOC)c1c(F)cc(CCN)cc1F. The third-order valence-electron chi connectivity index (χ3n) is 2.96. The van der Waals surface area contributed by atoms with E-state index in [4.69, 9.17) is 15.2 Å². The number of nitrogens with zero attached hydrogens (tertiary/aromatic N) is 1. The number of anilines is 1. The summed E-state index contributed by atoms with van der Waals surface area (Å²) in [6.07, 6.45) is 0.449. The average molecular weight is 288 g/mol. The summed E-state index contributed by atoms with van der Waals surface area (Å²) in [6.45, 7) is 1.91. The predicted molar refractivity (Wildman–Crippen MR) is 75.1 cm³/mol. The van der Waals surface area contributed by atoms with Crippen LogP contribution in [0.1, 0.15) is 5.56 Å². The molecule has 1 rings (SSSR count). The van der Waals surface area contributed by atoms with E-state index in [1.165, 1.54) is 12.1 Å². The second kappa shape index (κ2) is 8.84. The Bertz CT molecular complexity index is 385. The van der Waals surface area contributed by atoms with Crippen LogP contribution in [0.2, 0.25) is 0 Å². The molecule has 4 nitrogen and oxygen atoms in total. The van der Waals surface area contributed by atoms with E-state index in [1.807, 2.05) is 0 Å². The molecule has 0 aliphatic carbocycles. The molecule has 2 N–H and O–H groups in total. The molecule has 0 amide bonds. The summed E-state index contributed by atoms with van der Waals surface area (Å²) in [5, 5.41) is 0. The Morgan fingerprint density at radius 1 is 1.05 bits per heavy atom. The minimum Gasteiger partial charge on any atom is -0.383 e. The summed E-state index contributed by atoms with van der Waals surface area (Å²) in [4.78, 5) is 1.59. The Kier molecular flexibility index (Phi) is 7.43. The lowest BCUT2D eigenvalue weighted by molar-refractivity contribution is 0.189. The third-order valence-corrected chi connectivity index (χ3v) is 2.96. The number of hydrogen-bond donors (Lipinski definition) is 1. The van der Waals surface area contributed by atoms with Crippen LogP contribution in [0, 0.1) is 11.6 Å². The van der Waals surface area contributed by atoms with E-state index in [0.29, 0.717) is 44.8 Å². The highest BCUT2D eigenvalue weighted by atomic mass is 19.1. The summed E-state index contributed by atoms with van der Waals surface area (Å²) >= 11 is 0. The third kappa shape index (κ3) is 4.70. The highest BCUT2D eigenvalue weighted by Crippen LogP contribution is 2.25. The largest absolute Gasteiger partial charge is 0.383 e. The van der Waals surface area contributed by atoms with Gasteiger partial charge in [0.05, 0.1) is 13.2 Å². The maximum atomic E-state index is 14.1. The molecule has 1 aromatic carbocycles. The Labute approximate surface area is 118 Å². The fourth-order valence-corrected chi connectivity index (χ4v) is 1.97. The summed E-state index contributed by atoms with van der Waals surface area (Å²) in [7, 11) is 3.09. The average Bonchev–Trinajstić information content (AvgIpc) is 2.40. The van der Waals surface area contributed by atoms with Gasteiger partial charge in [-0.15, -0.1) is 0 Å². The van der Waals surface area contributed by atoms with Crippen molar-refractivity contribution >= 4 is 5.69 Å². The Balaban J connectivity index is 2.98. The van der Waals surface area contributed by atoms with E-state index in [-0.39, 0.29) is 5.69 Å². The highest BCUT2D eigenvalue weighted by molar-refractivity contribution is 5.51. The molecule has 6 heteroatoms. The van der Waals surface area contributed by atoms with Gasteiger partial charge in [0.25, 0.3) is 0 Å². The van der Waals surface area contributed by atoms with Gasteiger partial charge in [-0.25, -0.2) is 8.78 Å². The summed E-state index contributed by atoms with van der Waals surface area (Å²) in [5.41, 5.74) is 5.92. The fourth-order valence-electron chi connectivity index (χ4n) is 1.97. The number of methoxy groups -OCH3 is 2. The standard InChI is InChI=1S/C14H22F2N2O2/c1-19-7-5-18(6-8-20-2)14-12(15)9-11(3-4-17)10-13(14)16/h9-10H,3-8,17H2,1-2H3. The van der Waals surface area contributed by atoms with Crippen molar-refractivity contribution in [2.45, 2.75) is 6.42 Å². The molecule has 0 fully saturated rings. The zero-order chi connectivity index (χ0) is 15.0. The molecule has 0 atom stereocenters. The zero-order valence-corrected chi connectivity index (χ0v) is 12.0. The van der Waals surface area contributed by atoms with Gasteiger partial charge in [0, 0.05) is 27.3 Å². The van der Waals surface area contributed by atoms with Crippen molar-refractivity contribution in [2.24, 2.45) is 5.73 Å². The molecule has 114 valence electrons. The van der Waals surface area contributed by atoms with Gasteiger partial charge in [-0.2, -0.15) is 0 Å². The smallest absolute Gasteiger partial charge is 0.149 e. The topological polar surface area (TPSA) is 47.7 Å². The van der Waals surface area contributed by atoms with Crippen molar-refractivity contribution in [3.8, 4) is 0 Å². The maximum absolute atomic E-state index is 14.1. The maximum Gasteiger partial charge on any atom is 0.149 e. The second-order valence-corrected chi connectivity index (χ2v) is 4.42. The van der Waals surface area contributed by atoms with Crippen LogP contribution in [0.4, 0.5) is 14.5 Å². The zero-order valence-electron chi connectivity index (χ0n) is 12.0. The lowest BCUT2D eigenvalue weighted by Gasteiger charge is -2.25. The first-order valence-corrected chi connectivity index (χ1v) is 6.54. The number of rotatable bonds is 9. The fraction of sp³-hybridized carbons (Fsp3) is 0.571. The monoisotopic (exact) mass is 288 g/mol. The lowest BCUT2D eigenvalue weighted by Crippen LogP contribution is -2.32. The molecule has 0 saturated heterocycles. The van der Waals surface area contributed by atoms with E-state index < -0.39 is 11.6 Å².